The largest absolute Gasteiger partial charge is 0.472 e. The molecule has 0 amide bonds. The number of phosphoric ester groups is 1. The van der Waals surface area contributed by atoms with Crippen molar-refractivity contribution in [1.29, 1.82) is 0 Å². The van der Waals surface area contributed by atoms with Crippen molar-refractivity contribution in [1.82, 2.24) is 34.1 Å². The molecule has 2 unspecified atom stereocenters. The Morgan fingerprint density at radius 3 is 2.68 bits per heavy atom. The Bertz CT molecular complexity index is 1910. The highest BCUT2D eigenvalue weighted by atomic mass is 32.5. The standard InChI is InChI=1S/C21H22F2N8O10P2S/c22-9-2-30(17-12(9)19(32)28-6-26-17)20-10-1-8(38-20)3-36-42(33,34)41-15-11(4-37-43(35,44)40-10)39-21(13(15)23)31-7-29-14-16(24)25-5-27-18(14)31/h2,5-8,10-11,13,15,20-21H,1,3-4H2,(H,33,34)(H,35,44)(H2,24,25,27)(H,26,28,32)/t8-,10+,11+,13+,15+,20+,21+,43?/m0/s1. The van der Waals surface area contributed by atoms with Crippen LogP contribution >= 0.6 is 14.5 Å². The molecular formula is C21H22F2N8O10P2S. The zero-order valence-corrected chi connectivity index (χ0v) is 24.6. The number of ether oxygens (including phenoxy) is 2. The third kappa shape index (κ3) is 5.27. The summed E-state index contributed by atoms with van der Waals surface area (Å²) in [5.74, 6) is -0.873. The number of nitrogens with zero attached hydrogens (tertiary/aromatic N) is 6. The highest BCUT2D eigenvalue weighted by Gasteiger charge is 2.52. The van der Waals surface area contributed by atoms with E-state index in [4.69, 9.17) is 45.1 Å². The minimum atomic E-state index is -4.99. The van der Waals surface area contributed by atoms with E-state index in [9.17, 15) is 23.5 Å². The third-order valence-corrected chi connectivity index (χ3v) is 9.84. The molecule has 9 atom stereocenters. The number of imidazole rings is 1. The lowest BCUT2D eigenvalue weighted by molar-refractivity contribution is -0.0626. The van der Waals surface area contributed by atoms with Crippen molar-refractivity contribution in [3.8, 4) is 0 Å². The highest BCUT2D eigenvalue weighted by molar-refractivity contribution is 8.07. The molecule has 7 rings (SSSR count). The second kappa shape index (κ2) is 10.9. The molecule has 3 saturated heterocycles. The zero-order valence-electron chi connectivity index (χ0n) is 22.0. The molecule has 5 N–H and O–H groups in total. The maximum atomic E-state index is 15.9. The average Bonchev–Trinajstić information content (AvgIpc) is 3.72. The van der Waals surface area contributed by atoms with E-state index in [1.54, 1.807) is 0 Å². The van der Waals surface area contributed by atoms with Crippen LogP contribution in [0.3, 0.4) is 0 Å². The first kappa shape index (κ1) is 29.9. The van der Waals surface area contributed by atoms with Gasteiger partial charge in [0.15, 0.2) is 41.6 Å². The number of phosphoric acid groups is 1. The van der Waals surface area contributed by atoms with Crippen LogP contribution in [0.5, 0.6) is 0 Å². The van der Waals surface area contributed by atoms with E-state index in [1.807, 2.05) is 0 Å². The van der Waals surface area contributed by atoms with Gasteiger partial charge in [-0.3, -0.25) is 18.4 Å². The average molecular weight is 678 g/mol. The highest BCUT2D eigenvalue weighted by Crippen LogP contribution is 2.54. The molecule has 3 aliphatic rings. The minimum Gasteiger partial charge on any atom is -0.382 e. The quantitative estimate of drug-likeness (QED) is 0.216. The molecule has 4 aromatic rings. The monoisotopic (exact) mass is 678 g/mol. The maximum Gasteiger partial charge on any atom is 0.472 e. The summed E-state index contributed by atoms with van der Waals surface area (Å²) in [6.07, 6.45) is -5.87. The Kier molecular flexibility index (Phi) is 7.41. The van der Waals surface area contributed by atoms with Gasteiger partial charge in [-0.25, -0.2) is 33.3 Å². The van der Waals surface area contributed by atoms with E-state index in [2.05, 4.69) is 24.9 Å². The van der Waals surface area contributed by atoms with Crippen molar-refractivity contribution in [3.63, 3.8) is 0 Å². The summed E-state index contributed by atoms with van der Waals surface area (Å²) >= 11 is 5.21. The number of aromatic nitrogens is 7. The van der Waals surface area contributed by atoms with Crippen molar-refractivity contribution in [3.05, 3.63) is 41.3 Å². The van der Waals surface area contributed by atoms with Crippen LogP contribution in [-0.4, -0.2) is 87.6 Å². The van der Waals surface area contributed by atoms with Gasteiger partial charge in [0, 0.05) is 12.6 Å². The number of hydrogen-bond donors (Lipinski definition) is 4. The summed E-state index contributed by atoms with van der Waals surface area (Å²) in [7, 11) is -4.99. The fourth-order valence-corrected chi connectivity index (χ4v) is 7.79. The summed E-state index contributed by atoms with van der Waals surface area (Å²) in [5.41, 5.74) is 5.26. The molecule has 7 heterocycles. The van der Waals surface area contributed by atoms with Crippen LogP contribution in [0.25, 0.3) is 22.2 Å². The van der Waals surface area contributed by atoms with Crippen LogP contribution in [0, 0.1) is 5.82 Å². The first-order valence-corrected chi connectivity index (χ1v) is 16.9. The van der Waals surface area contributed by atoms with E-state index < -0.39 is 82.2 Å². The molecule has 0 saturated carbocycles. The summed E-state index contributed by atoms with van der Waals surface area (Å²) in [6, 6.07) is 0. The van der Waals surface area contributed by atoms with Gasteiger partial charge in [-0.15, -0.1) is 0 Å². The summed E-state index contributed by atoms with van der Waals surface area (Å²) < 4.78 is 79.3. The second-order valence-corrected chi connectivity index (χ2v) is 14.2. The van der Waals surface area contributed by atoms with Gasteiger partial charge >= 0.3 is 14.5 Å². The molecule has 236 valence electrons. The lowest BCUT2D eigenvalue weighted by atomic mass is 10.1. The number of nitrogens with one attached hydrogen (secondary N) is 1. The summed E-state index contributed by atoms with van der Waals surface area (Å²) in [5, 5.41) is -0.350. The minimum absolute atomic E-state index is 0.0315. The van der Waals surface area contributed by atoms with Crippen LogP contribution in [0.15, 0.2) is 30.0 Å². The van der Waals surface area contributed by atoms with Crippen LogP contribution in [0.4, 0.5) is 14.6 Å². The van der Waals surface area contributed by atoms with Crippen molar-refractivity contribution in [2.75, 3.05) is 18.9 Å². The molecule has 0 aromatic carbocycles. The van der Waals surface area contributed by atoms with E-state index >= 15 is 4.39 Å². The van der Waals surface area contributed by atoms with E-state index in [0.29, 0.717) is 0 Å². The molecular weight excluding hydrogens is 656 g/mol. The van der Waals surface area contributed by atoms with E-state index in [-0.39, 0.29) is 34.4 Å². The van der Waals surface area contributed by atoms with Gasteiger partial charge in [0.1, 0.15) is 35.5 Å². The smallest absolute Gasteiger partial charge is 0.382 e. The lowest BCUT2D eigenvalue weighted by Crippen LogP contribution is -2.34. The normalized spacial score (nSPS) is 36.6. The number of aromatic amines is 1. The predicted octanol–water partition coefficient (Wildman–Crippen LogP) is 0.943. The van der Waals surface area contributed by atoms with Crippen molar-refractivity contribution in [2.24, 2.45) is 0 Å². The fourth-order valence-electron chi connectivity index (χ4n) is 5.37. The molecule has 44 heavy (non-hydrogen) atoms. The van der Waals surface area contributed by atoms with Gasteiger partial charge in [0.25, 0.3) is 5.56 Å². The van der Waals surface area contributed by atoms with Gasteiger partial charge in [-0.1, -0.05) is 0 Å². The summed E-state index contributed by atoms with van der Waals surface area (Å²) in [4.78, 5) is 52.0. The summed E-state index contributed by atoms with van der Waals surface area (Å²) in [6.45, 7) is -5.40. The Labute approximate surface area is 248 Å². The van der Waals surface area contributed by atoms with Gasteiger partial charge in [-0.2, -0.15) is 0 Å². The van der Waals surface area contributed by atoms with Crippen LogP contribution < -0.4 is 11.3 Å². The SMILES string of the molecule is Nc1ncnc2c1ncn2[C@@H]1O[C@@H]2COP(O)(=S)O[C@@H]3C[C@@H](COP(=O)(O)O[C@H]2[C@H]1F)O[C@H]3n1cc(F)c2c(=O)[nH]cnc21. The van der Waals surface area contributed by atoms with E-state index in [1.165, 1.54) is 15.5 Å². The number of H-pyrrole nitrogens is 1. The van der Waals surface area contributed by atoms with Crippen molar-refractivity contribution >= 4 is 54.4 Å². The Morgan fingerprint density at radius 2 is 1.86 bits per heavy atom. The van der Waals surface area contributed by atoms with E-state index in [0.717, 1.165) is 18.9 Å². The number of anilines is 1. The molecule has 18 nitrogen and oxygen atoms in total. The fraction of sp³-hybridized carbons (Fsp3) is 0.476. The number of alkyl halides is 1. The number of nitrogens with two attached hydrogens (primary N) is 1. The second-order valence-electron chi connectivity index (χ2n) is 10.0. The molecule has 0 aliphatic carbocycles. The van der Waals surface area contributed by atoms with Crippen LogP contribution in [-0.2, 0) is 43.9 Å². The topological polar surface area (TPSA) is 233 Å². The Morgan fingerprint density at radius 1 is 1.05 bits per heavy atom. The van der Waals surface area contributed by atoms with Crippen LogP contribution in [0.2, 0.25) is 0 Å². The number of halogens is 2. The first-order valence-electron chi connectivity index (χ1n) is 12.8. The van der Waals surface area contributed by atoms with Crippen molar-refractivity contribution < 1.29 is 50.7 Å². The number of hydrogen-bond acceptors (Lipinski definition) is 14. The molecule has 4 aromatic heterocycles. The molecule has 23 heteroatoms. The molecule has 2 bridgehead atoms. The van der Waals surface area contributed by atoms with Gasteiger partial charge in [0.2, 0.25) is 0 Å². The number of nitrogen functional groups attached to an aromatic ring is 1. The van der Waals surface area contributed by atoms with Crippen LogP contribution in [0.1, 0.15) is 18.9 Å². The maximum absolute atomic E-state index is 15.9. The van der Waals surface area contributed by atoms with Gasteiger partial charge < -0.3 is 43.6 Å². The molecule has 3 aliphatic heterocycles. The van der Waals surface area contributed by atoms with Crippen molar-refractivity contribution in [2.45, 2.75) is 49.5 Å². The first-order chi connectivity index (χ1) is 20.9. The molecule has 0 radical (unpaired) electrons. The zero-order chi connectivity index (χ0) is 31.0. The lowest BCUT2D eigenvalue weighted by Gasteiger charge is -2.27. The Hall–Kier alpha value is -2.81. The molecule has 0 spiro atoms. The number of fused-ring (bicyclic) bond motifs is 5. The predicted molar refractivity (Wildman–Crippen MR) is 145 cm³/mol. The number of rotatable bonds is 2. The van der Waals surface area contributed by atoms with Gasteiger partial charge in [-0.05, 0) is 11.8 Å². The molecule has 3 fully saturated rings. The van der Waals surface area contributed by atoms with Gasteiger partial charge in [0.05, 0.1) is 32.0 Å². The Balaban J connectivity index is 1.19. The third-order valence-electron chi connectivity index (χ3n) is 7.27.